The van der Waals surface area contributed by atoms with Crippen LogP contribution in [0, 0.1) is 5.92 Å². The molecule has 2 heterocycles. The summed E-state index contributed by atoms with van der Waals surface area (Å²) < 4.78 is 1.82. The molecule has 3 rings (SSSR count). The molecule has 1 fully saturated rings. The van der Waals surface area contributed by atoms with Crippen molar-refractivity contribution in [2.75, 3.05) is 25.1 Å². The first-order chi connectivity index (χ1) is 10.3. The van der Waals surface area contributed by atoms with E-state index in [1.165, 1.54) is 0 Å². The number of rotatable bonds is 4. The highest BCUT2D eigenvalue weighted by molar-refractivity contribution is 5.89. The Morgan fingerprint density at radius 3 is 3.10 bits per heavy atom. The average molecular weight is 283 g/mol. The lowest BCUT2D eigenvalue weighted by Crippen LogP contribution is -2.42. The minimum Gasteiger partial charge on any atom is -0.299 e. The molecule has 1 saturated heterocycles. The molecule has 1 aromatic heterocycles. The molecular formula is C17H21N3O. The largest absolute Gasteiger partial charge is 0.299 e. The van der Waals surface area contributed by atoms with E-state index in [-0.39, 0.29) is 11.8 Å². The second-order valence-corrected chi connectivity index (χ2v) is 5.61. The van der Waals surface area contributed by atoms with Crippen LogP contribution in [0.5, 0.6) is 0 Å². The first-order valence-corrected chi connectivity index (χ1v) is 7.48. The molecule has 21 heavy (non-hydrogen) atoms. The number of hydrogen-bond donors (Lipinski definition) is 1. The van der Waals surface area contributed by atoms with Crippen molar-refractivity contribution in [2.24, 2.45) is 5.92 Å². The molecule has 1 aliphatic heterocycles. The molecule has 1 N–H and O–H groups in total. The zero-order valence-electron chi connectivity index (χ0n) is 12.2. The fourth-order valence-corrected chi connectivity index (χ4v) is 3.01. The van der Waals surface area contributed by atoms with E-state index in [0.717, 1.165) is 43.4 Å². The second kappa shape index (κ2) is 6.14. The van der Waals surface area contributed by atoms with Crippen molar-refractivity contribution < 1.29 is 4.79 Å². The number of nitrogens with zero attached hydrogens (tertiary/aromatic N) is 2. The smallest absolute Gasteiger partial charge is 0.243 e. The number of fused-ring (bicyclic) bond motifs is 1. The molecular weight excluding hydrogens is 262 g/mol. The molecule has 4 heteroatoms. The fraction of sp³-hybridized carbons (Fsp3) is 0.353. The summed E-state index contributed by atoms with van der Waals surface area (Å²) >= 11 is 0. The summed E-state index contributed by atoms with van der Waals surface area (Å²) in [5.41, 5.74) is 4.05. The van der Waals surface area contributed by atoms with Crippen molar-refractivity contribution in [1.82, 2.24) is 9.58 Å². The van der Waals surface area contributed by atoms with Crippen LogP contribution in [0.15, 0.2) is 49.2 Å². The minimum atomic E-state index is 0.0554. The van der Waals surface area contributed by atoms with Gasteiger partial charge in [0.25, 0.3) is 0 Å². The van der Waals surface area contributed by atoms with Gasteiger partial charge in [-0.3, -0.25) is 19.8 Å². The molecule has 1 aliphatic rings. The molecule has 1 aromatic carbocycles. The highest BCUT2D eigenvalue weighted by atomic mass is 16.2. The Morgan fingerprint density at radius 1 is 1.38 bits per heavy atom. The maximum Gasteiger partial charge on any atom is 0.243 e. The van der Waals surface area contributed by atoms with Crippen LogP contribution in [0.4, 0.5) is 0 Å². The van der Waals surface area contributed by atoms with E-state index in [2.05, 4.69) is 16.9 Å². The number of carbonyl (C=O) groups is 1. The van der Waals surface area contributed by atoms with Gasteiger partial charge < -0.3 is 0 Å². The number of piperidine rings is 1. The quantitative estimate of drug-likeness (QED) is 0.876. The van der Waals surface area contributed by atoms with Gasteiger partial charge in [0.15, 0.2) is 0 Å². The number of amides is 1. The topological polar surface area (TPSA) is 37.3 Å². The normalized spacial score (nSPS) is 19.5. The van der Waals surface area contributed by atoms with Gasteiger partial charge in [-0.25, -0.2) is 0 Å². The predicted octanol–water partition coefficient (Wildman–Crippen LogP) is 2.61. The van der Waals surface area contributed by atoms with Crippen LogP contribution < -0.4 is 5.43 Å². The Labute approximate surface area is 125 Å². The predicted molar refractivity (Wildman–Crippen MR) is 85.7 cm³/mol. The molecule has 0 bridgehead atoms. The van der Waals surface area contributed by atoms with Gasteiger partial charge in [-0.15, -0.1) is 6.58 Å². The number of nitrogens with one attached hydrogen (secondary N) is 1. The number of carbonyl (C=O) groups excluding carboxylic acids is 1. The summed E-state index contributed by atoms with van der Waals surface area (Å²) in [4.78, 5) is 14.8. The van der Waals surface area contributed by atoms with Crippen LogP contribution in [0.3, 0.4) is 0 Å². The van der Waals surface area contributed by atoms with Gasteiger partial charge in [0.2, 0.25) is 5.91 Å². The van der Waals surface area contributed by atoms with Gasteiger partial charge in [-0.2, -0.15) is 0 Å². The van der Waals surface area contributed by atoms with Crippen molar-refractivity contribution in [1.29, 1.82) is 0 Å². The van der Waals surface area contributed by atoms with E-state index >= 15 is 0 Å². The third-order valence-corrected chi connectivity index (χ3v) is 4.09. The summed E-state index contributed by atoms with van der Waals surface area (Å²) in [5, 5.41) is 1.13. The van der Waals surface area contributed by atoms with Crippen molar-refractivity contribution in [2.45, 2.75) is 12.8 Å². The Balaban J connectivity index is 1.69. The third kappa shape index (κ3) is 3.00. The van der Waals surface area contributed by atoms with E-state index in [9.17, 15) is 4.79 Å². The van der Waals surface area contributed by atoms with Crippen LogP contribution in [-0.4, -0.2) is 35.1 Å². The van der Waals surface area contributed by atoms with Crippen molar-refractivity contribution >= 4 is 16.8 Å². The van der Waals surface area contributed by atoms with Gasteiger partial charge in [0, 0.05) is 24.7 Å². The number of aromatic nitrogens is 1. The lowest BCUT2D eigenvalue weighted by molar-refractivity contribution is -0.122. The van der Waals surface area contributed by atoms with Crippen molar-refractivity contribution in [3.05, 3.63) is 49.2 Å². The SMILES string of the molecule is C=CCN1CCCC(C(=O)Nn2ccc3ccccc32)C1. The molecule has 1 amide bonds. The number of benzene rings is 1. The van der Waals surface area contributed by atoms with Gasteiger partial charge in [0.1, 0.15) is 0 Å². The fourth-order valence-electron chi connectivity index (χ4n) is 3.01. The van der Waals surface area contributed by atoms with Gasteiger partial charge in [-0.05, 0) is 31.5 Å². The molecule has 4 nitrogen and oxygen atoms in total. The molecule has 1 unspecified atom stereocenters. The molecule has 1 atom stereocenters. The van der Waals surface area contributed by atoms with E-state index in [1.807, 2.05) is 47.3 Å². The van der Waals surface area contributed by atoms with E-state index < -0.39 is 0 Å². The van der Waals surface area contributed by atoms with Gasteiger partial charge in [0.05, 0.1) is 11.4 Å². The van der Waals surface area contributed by atoms with E-state index in [0.29, 0.717) is 0 Å². The lowest BCUT2D eigenvalue weighted by Gasteiger charge is -2.31. The summed E-state index contributed by atoms with van der Waals surface area (Å²) in [6, 6.07) is 10.1. The van der Waals surface area contributed by atoms with Crippen LogP contribution in [0.25, 0.3) is 10.9 Å². The van der Waals surface area contributed by atoms with E-state index in [1.54, 1.807) is 0 Å². The number of para-hydroxylation sites is 1. The molecule has 2 aromatic rings. The first kappa shape index (κ1) is 13.9. The van der Waals surface area contributed by atoms with Crippen LogP contribution in [0.1, 0.15) is 12.8 Å². The van der Waals surface area contributed by atoms with E-state index in [4.69, 9.17) is 0 Å². The van der Waals surface area contributed by atoms with Crippen LogP contribution >= 0.6 is 0 Å². The van der Waals surface area contributed by atoms with Crippen LogP contribution in [0.2, 0.25) is 0 Å². The molecule has 110 valence electrons. The maximum absolute atomic E-state index is 12.5. The summed E-state index contributed by atoms with van der Waals surface area (Å²) in [6.07, 6.45) is 5.84. The summed E-state index contributed by atoms with van der Waals surface area (Å²) in [5.74, 6) is 0.157. The second-order valence-electron chi connectivity index (χ2n) is 5.61. The lowest BCUT2D eigenvalue weighted by atomic mass is 9.97. The monoisotopic (exact) mass is 283 g/mol. The Morgan fingerprint density at radius 2 is 2.24 bits per heavy atom. The van der Waals surface area contributed by atoms with Crippen LogP contribution in [-0.2, 0) is 4.79 Å². The first-order valence-electron chi connectivity index (χ1n) is 7.48. The standard InChI is InChI=1S/C17H21N3O/c1-2-10-19-11-5-7-15(13-19)17(21)18-20-12-9-14-6-3-4-8-16(14)20/h2-4,6,8-9,12,15H,1,5,7,10-11,13H2,(H,18,21). The zero-order chi connectivity index (χ0) is 14.7. The molecule has 0 aliphatic carbocycles. The molecule has 0 saturated carbocycles. The summed E-state index contributed by atoms with van der Waals surface area (Å²) in [7, 11) is 0. The van der Waals surface area contributed by atoms with Gasteiger partial charge >= 0.3 is 0 Å². The average Bonchev–Trinajstić information content (AvgIpc) is 2.91. The number of hydrogen-bond acceptors (Lipinski definition) is 2. The highest BCUT2D eigenvalue weighted by Gasteiger charge is 2.25. The van der Waals surface area contributed by atoms with Crippen molar-refractivity contribution in [3.63, 3.8) is 0 Å². The zero-order valence-corrected chi connectivity index (χ0v) is 12.2. The van der Waals surface area contributed by atoms with Gasteiger partial charge in [-0.1, -0.05) is 24.3 Å². The Bertz CT molecular complexity index is 646. The Hall–Kier alpha value is -2.07. The third-order valence-electron chi connectivity index (χ3n) is 4.09. The molecule has 0 radical (unpaired) electrons. The molecule has 0 spiro atoms. The Kier molecular flexibility index (Phi) is 4.06. The summed E-state index contributed by atoms with van der Waals surface area (Å²) in [6.45, 7) is 6.50. The highest BCUT2D eigenvalue weighted by Crippen LogP contribution is 2.18. The van der Waals surface area contributed by atoms with Crippen molar-refractivity contribution in [3.8, 4) is 0 Å². The number of likely N-dealkylation sites (tertiary alicyclic amines) is 1. The maximum atomic E-state index is 12.5. The minimum absolute atomic E-state index is 0.0554.